The number of rotatable bonds is 5. The van der Waals surface area contributed by atoms with E-state index in [1.54, 1.807) is 0 Å². The van der Waals surface area contributed by atoms with Gasteiger partial charge in [0.2, 0.25) is 0 Å². The van der Waals surface area contributed by atoms with Crippen molar-refractivity contribution in [2.24, 2.45) is 0 Å². The Balaban J connectivity index is 1.18. The molecule has 0 unspecified atom stereocenters. The van der Waals surface area contributed by atoms with Gasteiger partial charge in [0, 0.05) is 22.2 Å². The summed E-state index contributed by atoms with van der Waals surface area (Å²) in [5.41, 5.74) is 12.5. The van der Waals surface area contributed by atoms with E-state index in [2.05, 4.69) is 138 Å². The Kier molecular flexibility index (Phi) is 6.69. The van der Waals surface area contributed by atoms with E-state index in [9.17, 15) is 0 Å². The molecule has 0 atom stereocenters. The summed E-state index contributed by atoms with van der Waals surface area (Å²) >= 11 is 0. The molecule has 2 aliphatic rings. The van der Waals surface area contributed by atoms with E-state index in [1.807, 2.05) is 18.2 Å². The Morgan fingerprint density at radius 1 is 0.568 bits per heavy atom. The lowest BCUT2D eigenvalue weighted by molar-refractivity contribution is 1.03. The fraction of sp³-hybridized carbons (Fsp3) is 0.0732. The van der Waals surface area contributed by atoms with Crippen LogP contribution in [-0.2, 0) is 6.42 Å². The lowest BCUT2D eigenvalue weighted by Crippen LogP contribution is -1.99. The van der Waals surface area contributed by atoms with Crippen LogP contribution in [0, 0.1) is 0 Å². The minimum absolute atomic E-state index is 0.745. The zero-order chi connectivity index (χ0) is 29.3. The van der Waals surface area contributed by atoms with Crippen molar-refractivity contribution in [1.82, 2.24) is 14.5 Å². The van der Waals surface area contributed by atoms with Gasteiger partial charge in [0.1, 0.15) is 0 Å². The smallest absolute Gasteiger partial charge is 0.160 e. The van der Waals surface area contributed by atoms with Crippen molar-refractivity contribution >= 4 is 22.6 Å². The number of fused-ring (bicyclic) bond motifs is 3. The Morgan fingerprint density at radius 2 is 1.36 bits per heavy atom. The highest BCUT2D eigenvalue weighted by Gasteiger charge is 2.17. The third-order valence-electron chi connectivity index (χ3n) is 8.51. The monoisotopic (exact) mass is 565 g/mol. The molecule has 0 radical (unpaired) electrons. The fourth-order valence-electron chi connectivity index (χ4n) is 6.33. The molecule has 0 saturated heterocycles. The number of allylic oxidation sites excluding steroid dienone is 7. The molecular weight excluding hydrogens is 534 g/mol. The normalized spacial score (nSPS) is 14.0. The number of aromatic nitrogens is 3. The molecule has 4 aromatic carbocycles. The second-order valence-corrected chi connectivity index (χ2v) is 11.3. The van der Waals surface area contributed by atoms with E-state index in [0.29, 0.717) is 0 Å². The fourth-order valence-corrected chi connectivity index (χ4v) is 6.33. The maximum Gasteiger partial charge on any atom is 0.160 e. The first kappa shape index (κ1) is 26.1. The second kappa shape index (κ2) is 11.3. The van der Waals surface area contributed by atoms with Crippen LogP contribution >= 0.6 is 0 Å². The highest BCUT2D eigenvalue weighted by Crippen LogP contribution is 2.34. The SMILES string of the molecule is C1=CCc2c(n(-c3ccc(-c4cccc(-c5cc(C6=CCCC=C6)nc(-c6ccccc6)n5)c4)cc3)c3ccccc23)C=C1. The third kappa shape index (κ3) is 4.83. The first-order chi connectivity index (χ1) is 21.8. The van der Waals surface area contributed by atoms with Gasteiger partial charge in [-0.1, -0.05) is 115 Å². The number of hydrogen-bond acceptors (Lipinski definition) is 2. The van der Waals surface area contributed by atoms with Gasteiger partial charge in [0.05, 0.1) is 22.6 Å². The number of para-hydroxylation sites is 1. The van der Waals surface area contributed by atoms with Crippen molar-refractivity contribution in [1.29, 1.82) is 0 Å². The van der Waals surface area contributed by atoms with Crippen molar-refractivity contribution in [3.8, 4) is 39.5 Å². The highest BCUT2D eigenvalue weighted by molar-refractivity contribution is 5.91. The minimum atomic E-state index is 0.745. The molecule has 3 heteroatoms. The predicted molar refractivity (Wildman–Crippen MR) is 183 cm³/mol. The summed E-state index contributed by atoms with van der Waals surface area (Å²) in [7, 11) is 0. The number of nitrogens with zero attached hydrogens (tertiary/aromatic N) is 3. The largest absolute Gasteiger partial charge is 0.310 e. The molecule has 0 spiro atoms. The van der Waals surface area contributed by atoms with Crippen molar-refractivity contribution in [3.05, 3.63) is 163 Å². The molecule has 0 aliphatic heterocycles. The lowest BCUT2D eigenvalue weighted by atomic mass is 9.99. The minimum Gasteiger partial charge on any atom is -0.310 e. The molecule has 0 amide bonds. The summed E-state index contributed by atoms with van der Waals surface area (Å²) in [5.74, 6) is 0.745. The molecule has 0 saturated carbocycles. The quantitative estimate of drug-likeness (QED) is 0.208. The van der Waals surface area contributed by atoms with E-state index in [0.717, 1.165) is 64.4 Å². The van der Waals surface area contributed by atoms with Gasteiger partial charge in [0.15, 0.2) is 5.82 Å². The van der Waals surface area contributed by atoms with E-state index >= 15 is 0 Å². The summed E-state index contributed by atoms with van der Waals surface area (Å²) < 4.78 is 2.39. The van der Waals surface area contributed by atoms with Crippen molar-refractivity contribution < 1.29 is 0 Å². The molecule has 8 rings (SSSR count). The zero-order valence-electron chi connectivity index (χ0n) is 24.4. The third-order valence-corrected chi connectivity index (χ3v) is 8.51. The van der Waals surface area contributed by atoms with Gasteiger partial charge in [-0.3, -0.25) is 0 Å². The van der Waals surface area contributed by atoms with E-state index in [-0.39, 0.29) is 0 Å². The van der Waals surface area contributed by atoms with Crippen LogP contribution in [0.4, 0.5) is 0 Å². The number of benzene rings is 4. The van der Waals surface area contributed by atoms with Crippen LogP contribution in [0.15, 0.2) is 146 Å². The summed E-state index contributed by atoms with van der Waals surface area (Å²) in [6.45, 7) is 0. The molecule has 0 fully saturated rings. The molecule has 2 aromatic heterocycles. The van der Waals surface area contributed by atoms with Gasteiger partial charge in [-0.2, -0.15) is 0 Å². The van der Waals surface area contributed by atoms with Crippen LogP contribution in [-0.4, -0.2) is 14.5 Å². The zero-order valence-corrected chi connectivity index (χ0v) is 24.4. The summed E-state index contributed by atoms with van der Waals surface area (Å²) in [4.78, 5) is 10.0. The van der Waals surface area contributed by atoms with Crippen LogP contribution in [0.1, 0.15) is 29.8 Å². The van der Waals surface area contributed by atoms with Crippen LogP contribution < -0.4 is 0 Å². The maximum absolute atomic E-state index is 5.05. The van der Waals surface area contributed by atoms with Gasteiger partial charge in [-0.05, 0) is 77.9 Å². The summed E-state index contributed by atoms with van der Waals surface area (Å²) in [6, 6.07) is 38.7. The van der Waals surface area contributed by atoms with Crippen LogP contribution in [0.2, 0.25) is 0 Å². The van der Waals surface area contributed by atoms with E-state index in [1.165, 1.54) is 27.7 Å². The Bertz CT molecular complexity index is 2120. The van der Waals surface area contributed by atoms with Crippen LogP contribution in [0.25, 0.3) is 62.0 Å². The van der Waals surface area contributed by atoms with Crippen LogP contribution in [0.3, 0.4) is 0 Å². The van der Waals surface area contributed by atoms with Gasteiger partial charge >= 0.3 is 0 Å². The molecule has 0 N–H and O–H groups in total. The summed E-state index contributed by atoms with van der Waals surface area (Å²) in [6.07, 6.45) is 18.5. The Hall–Kier alpha value is -5.54. The topological polar surface area (TPSA) is 30.7 Å². The standard InChI is InChI=1S/C41H31N3/c1-4-13-30(14-5-1)37-28-38(43-41(42-37)31-15-6-2-7-16-31)33-18-12-17-32(27-33)29-23-25-34(26-24-29)44-39-21-9-3-8-19-35(39)36-20-10-11-22-40(36)44/h2-4,6-18,20-28H,1,5,19H2. The number of hydrogen-bond donors (Lipinski definition) is 0. The van der Waals surface area contributed by atoms with Gasteiger partial charge in [-0.15, -0.1) is 0 Å². The molecule has 2 aliphatic carbocycles. The van der Waals surface area contributed by atoms with E-state index in [4.69, 9.17) is 9.97 Å². The average molecular weight is 566 g/mol. The van der Waals surface area contributed by atoms with Gasteiger partial charge in [0.25, 0.3) is 0 Å². The van der Waals surface area contributed by atoms with Gasteiger partial charge < -0.3 is 4.57 Å². The Morgan fingerprint density at radius 3 is 2.23 bits per heavy atom. The molecule has 44 heavy (non-hydrogen) atoms. The molecule has 210 valence electrons. The maximum atomic E-state index is 5.05. The van der Waals surface area contributed by atoms with Crippen molar-refractivity contribution in [3.63, 3.8) is 0 Å². The van der Waals surface area contributed by atoms with E-state index < -0.39 is 0 Å². The first-order valence-electron chi connectivity index (χ1n) is 15.3. The molecule has 6 aromatic rings. The average Bonchev–Trinajstić information content (AvgIpc) is 3.22. The Labute approximate surface area is 257 Å². The predicted octanol–water partition coefficient (Wildman–Crippen LogP) is 10.3. The molecule has 0 bridgehead atoms. The van der Waals surface area contributed by atoms with Crippen molar-refractivity contribution in [2.75, 3.05) is 0 Å². The van der Waals surface area contributed by atoms with Gasteiger partial charge in [-0.25, -0.2) is 9.97 Å². The van der Waals surface area contributed by atoms with Crippen LogP contribution in [0.5, 0.6) is 0 Å². The lowest BCUT2D eigenvalue weighted by Gasteiger charge is -2.13. The highest BCUT2D eigenvalue weighted by atomic mass is 15.0. The molecular formula is C41H31N3. The first-order valence-corrected chi connectivity index (χ1v) is 15.3. The molecule has 2 heterocycles. The molecule has 3 nitrogen and oxygen atoms in total. The van der Waals surface area contributed by atoms with Crippen molar-refractivity contribution in [2.45, 2.75) is 19.3 Å². The summed E-state index contributed by atoms with van der Waals surface area (Å²) in [5, 5.41) is 1.31. The second-order valence-electron chi connectivity index (χ2n) is 11.3.